The largest absolute Gasteiger partial charge is 0.353 e. The van der Waals surface area contributed by atoms with Gasteiger partial charge in [0.1, 0.15) is 6.33 Å². The molecule has 0 N–H and O–H groups in total. The number of benzene rings is 1. The highest BCUT2D eigenvalue weighted by molar-refractivity contribution is 6.31. The maximum Gasteiger partial charge on any atom is 0.199 e. The van der Waals surface area contributed by atoms with Crippen LogP contribution in [0.15, 0.2) is 36.2 Å². The van der Waals surface area contributed by atoms with Crippen LogP contribution in [0.3, 0.4) is 0 Å². The third kappa shape index (κ3) is 3.36. The van der Waals surface area contributed by atoms with Gasteiger partial charge in [0, 0.05) is 18.1 Å². The van der Waals surface area contributed by atoms with E-state index < -0.39 is 0 Å². The van der Waals surface area contributed by atoms with Crippen LogP contribution < -0.4 is 4.90 Å². The topological polar surface area (TPSA) is 46.3 Å². The van der Waals surface area contributed by atoms with Crippen LogP contribution in [0, 0.1) is 0 Å². The van der Waals surface area contributed by atoms with Crippen molar-refractivity contribution >= 4 is 34.1 Å². The second-order valence-electron chi connectivity index (χ2n) is 6.12. The zero-order valence-electron chi connectivity index (χ0n) is 14.3. The Kier molecular flexibility index (Phi) is 5.00. The van der Waals surface area contributed by atoms with Crippen molar-refractivity contribution in [2.24, 2.45) is 0 Å². The molecule has 2 aromatic heterocycles. The molecule has 1 aromatic carbocycles. The zero-order valence-corrected chi connectivity index (χ0v) is 15.1. The number of rotatable bonds is 6. The van der Waals surface area contributed by atoms with E-state index in [1.165, 1.54) is 5.57 Å². The quantitative estimate of drug-likeness (QED) is 0.618. The summed E-state index contributed by atoms with van der Waals surface area (Å²) in [6.45, 7) is 8.27. The van der Waals surface area contributed by atoms with Gasteiger partial charge < -0.3 is 4.90 Å². The Morgan fingerprint density at radius 3 is 2.88 bits per heavy atom. The van der Waals surface area contributed by atoms with E-state index >= 15 is 0 Å². The molecule has 24 heavy (non-hydrogen) atoms. The lowest BCUT2D eigenvalue weighted by atomic mass is 10.2. The molecule has 3 rings (SSSR count). The third-order valence-corrected chi connectivity index (χ3v) is 4.12. The van der Waals surface area contributed by atoms with Crippen LogP contribution in [0.2, 0.25) is 5.02 Å². The highest BCUT2D eigenvalue weighted by Gasteiger charge is 2.16. The fourth-order valence-corrected chi connectivity index (χ4v) is 2.98. The predicted molar refractivity (Wildman–Crippen MR) is 99.9 cm³/mol. The highest BCUT2D eigenvalue weighted by atomic mass is 35.5. The fraction of sp³-hybridized carbons (Fsp3) is 0.389. The third-order valence-electron chi connectivity index (χ3n) is 3.88. The van der Waals surface area contributed by atoms with E-state index in [-0.39, 0.29) is 0 Å². The standard InChI is InChI=1S/C18H22ClN5/c1-4-9-23(10-5-6-13(2)3)18-17-20-12-21-24(17)16-11-14(19)7-8-15(16)22-18/h6-8,11-12H,4-5,9-10H2,1-3H3. The lowest BCUT2D eigenvalue weighted by Crippen LogP contribution is -2.27. The monoisotopic (exact) mass is 343 g/mol. The van der Waals surface area contributed by atoms with Gasteiger partial charge in [0.15, 0.2) is 11.5 Å². The minimum Gasteiger partial charge on any atom is -0.353 e. The Balaban J connectivity index is 2.09. The van der Waals surface area contributed by atoms with Gasteiger partial charge in [0.2, 0.25) is 0 Å². The second-order valence-corrected chi connectivity index (χ2v) is 6.56. The van der Waals surface area contributed by atoms with Gasteiger partial charge in [-0.15, -0.1) is 0 Å². The van der Waals surface area contributed by atoms with E-state index in [1.54, 1.807) is 6.33 Å². The second kappa shape index (κ2) is 7.18. The van der Waals surface area contributed by atoms with E-state index in [0.717, 1.165) is 48.4 Å². The first-order valence-electron chi connectivity index (χ1n) is 8.27. The number of nitrogens with zero attached hydrogens (tertiary/aromatic N) is 5. The van der Waals surface area contributed by atoms with Crippen LogP contribution in [-0.2, 0) is 0 Å². The molecule has 0 aliphatic rings. The van der Waals surface area contributed by atoms with Gasteiger partial charge in [0.05, 0.1) is 11.0 Å². The number of allylic oxidation sites excluding steroid dienone is 1. The summed E-state index contributed by atoms with van der Waals surface area (Å²) in [7, 11) is 0. The molecule has 0 spiro atoms. The number of hydrogen-bond donors (Lipinski definition) is 0. The summed E-state index contributed by atoms with van der Waals surface area (Å²) in [5.74, 6) is 0.881. The summed E-state index contributed by atoms with van der Waals surface area (Å²) >= 11 is 6.13. The molecule has 3 aromatic rings. The molecule has 126 valence electrons. The number of hydrogen-bond acceptors (Lipinski definition) is 4. The van der Waals surface area contributed by atoms with Crippen molar-refractivity contribution < 1.29 is 0 Å². The van der Waals surface area contributed by atoms with Gasteiger partial charge in [-0.2, -0.15) is 5.10 Å². The number of aromatic nitrogens is 4. The summed E-state index contributed by atoms with van der Waals surface area (Å²) < 4.78 is 1.83. The first kappa shape index (κ1) is 16.7. The molecule has 0 saturated carbocycles. The molecule has 5 nitrogen and oxygen atoms in total. The maximum absolute atomic E-state index is 6.13. The van der Waals surface area contributed by atoms with Crippen molar-refractivity contribution in [3.8, 4) is 0 Å². The van der Waals surface area contributed by atoms with E-state index in [4.69, 9.17) is 16.6 Å². The molecular weight excluding hydrogens is 322 g/mol. The van der Waals surface area contributed by atoms with Crippen molar-refractivity contribution in [1.82, 2.24) is 19.6 Å². The Bertz CT molecular complexity index is 880. The maximum atomic E-state index is 6.13. The van der Waals surface area contributed by atoms with E-state index in [1.807, 2.05) is 22.7 Å². The molecule has 0 radical (unpaired) electrons. The Labute approximate surface area is 147 Å². The minimum absolute atomic E-state index is 0.669. The smallest absolute Gasteiger partial charge is 0.199 e. The molecule has 0 aliphatic carbocycles. The van der Waals surface area contributed by atoms with Crippen LogP contribution in [0.4, 0.5) is 5.82 Å². The first-order valence-corrected chi connectivity index (χ1v) is 8.65. The molecule has 0 unspecified atom stereocenters. The highest BCUT2D eigenvalue weighted by Crippen LogP contribution is 2.25. The van der Waals surface area contributed by atoms with Gasteiger partial charge in [0.25, 0.3) is 0 Å². The Morgan fingerprint density at radius 2 is 2.12 bits per heavy atom. The Morgan fingerprint density at radius 1 is 1.29 bits per heavy atom. The van der Waals surface area contributed by atoms with Gasteiger partial charge in [-0.1, -0.05) is 30.2 Å². The molecule has 0 atom stereocenters. The summed E-state index contributed by atoms with van der Waals surface area (Å²) in [6, 6.07) is 5.67. The van der Waals surface area contributed by atoms with Crippen LogP contribution in [0.5, 0.6) is 0 Å². The molecule has 2 heterocycles. The lowest BCUT2D eigenvalue weighted by Gasteiger charge is -2.23. The predicted octanol–water partition coefficient (Wildman–Crippen LogP) is 4.50. The summed E-state index contributed by atoms with van der Waals surface area (Å²) in [5, 5.41) is 5.04. The molecule has 0 fully saturated rings. The number of halogens is 1. The molecule has 0 bridgehead atoms. The average molecular weight is 344 g/mol. The van der Waals surface area contributed by atoms with E-state index in [9.17, 15) is 0 Å². The SMILES string of the molecule is CCCN(CCC=C(C)C)c1nc2ccc(Cl)cc2n2ncnc12. The van der Waals surface area contributed by atoms with Gasteiger partial charge >= 0.3 is 0 Å². The average Bonchev–Trinajstić information content (AvgIpc) is 3.03. The van der Waals surface area contributed by atoms with Crippen molar-refractivity contribution in [1.29, 1.82) is 0 Å². The van der Waals surface area contributed by atoms with Crippen molar-refractivity contribution in [2.75, 3.05) is 18.0 Å². The van der Waals surface area contributed by atoms with Crippen molar-refractivity contribution in [3.05, 3.63) is 41.2 Å². The van der Waals surface area contributed by atoms with Crippen molar-refractivity contribution in [2.45, 2.75) is 33.6 Å². The molecule has 6 heteroatoms. The van der Waals surface area contributed by atoms with Crippen molar-refractivity contribution in [3.63, 3.8) is 0 Å². The minimum atomic E-state index is 0.669. The van der Waals surface area contributed by atoms with Crippen LogP contribution in [0.1, 0.15) is 33.6 Å². The lowest BCUT2D eigenvalue weighted by molar-refractivity contribution is 0.752. The fourth-order valence-electron chi connectivity index (χ4n) is 2.81. The number of fused-ring (bicyclic) bond motifs is 3. The summed E-state index contributed by atoms with van der Waals surface area (Å²) in [6.07, 6.45) is 5.87. The molecule has 0 saturated heterocycles. The van der Waals surface area contributed by atoms with Gasteiger partial charge in [-0.3, -0.25) is 0 Å². The van der Waals surface area contributed by atoms with Crippen LogP contribution in [0.25, 0.3) is 16.7 Å². The Hall–Kier alpha value is -2.14. The van der Waals surface area contributed by atoms with Crippen LogP contribution >= 0.6 is 11.6 Å². The summed E-state index contributed by atoms with van der Waals surface area (Å²) in [4.78, 5) is 11.6. The van der Waals surface area contributed by atoms with E-state index in [2.05, 4.69) is 41.8 Å². The summed E-state index contributed by atoms with van der Waals surface area (Å²) in [5.41, 5.74) is 3.85. The van der Waals surface area contributed by atoms with Gasteiger partial charge in [-0.25, -0.2) is 14.5 Å². The van der Waals surface area contributed by atoms with Gasteiger partial charge in [-0.05, 0) is 44.9 Å². The number of anilines is 1. The zero-order chi connectivity index (χ0) is 17.1. The van der Waals surface area contributed by atoms with Crippen LogP contribution in [-0.4, -0.2) is 32.7 Å². The normalized spacial score (nSPS) is 11.2. The molecular formula is C18H22ClN5. The first-order chi connectivity index (χ1) is 11.6. The molecule has 0 amide bonds. The molecule has 0 aliphatic heterocycles. The van der Waals surface area contributed by atoms with E-state index in [0.29, 0.717) is 5.02 Å².